The molecule has 0 aliphatic carbocycles. The molecule has 172 valence electrons. The quantitative estimate of drug-likeness (QED) is 0.562. The molecule has 0 bridgehead atoms. The van der Waals surface area contributed by atoms with Crippen LogP contribution in [-0.2, 0) is 14.4 Å². The van der Waals surface area contributed by atoms with Crippen LogP contribution < -0.4 is 9.47 Å². The number of thioether (sulfide) groups is 1. The van der Waals surface area contributed by atoms with E-state index in [1.165, 1.54) is 12.1 Å². The van der Waals surface area contributed by atoms with Gasteiger partial charge in [0.2, 0.25) is 5.91 Å². The number of carbonyl (C=O) groups is 4. The maximum Gasteiger partial charge on any atom is 0.341 e. The summed E-state index contributed by atoms with van der Waals surface area (Å²) >= 11 is 6.98. The Hall–Kier alpha value is -2.72. The van der Waals surface area contributed by atoms with Gasteiger partial charge in [-0.2, -0.15) is 0 Å². The van der Waals surface area contributed by atoms with Crippen molar-refractivity contribution in [3.05, 3.63) is 27.6 Å². The van der Waals surface area contributed by atoms with Crippen molar-refractivity contribution in [1.82, 2.24) is 9.80 Å². The van der Waals surface area contributed by atoms with Crippen LogP contribution in [0.3, 0.4) is 0 Å². The molecule has 0 unspecified atom stereocenters. The molecule has 9 nitrogen and oxygen atoms in total. The molecule has 1 aromatic rings. The number of halogens is 1. The van der Waals surface area contributed by atoms with Gasteiger partial charge in [0.25, 0.3) is 11.1 Å². The number of ether oxygens (including phenoxy) is 2. The van der Waals surface area contributed by atoms with Crippen molar-refractivity contribution in [2.45, 2.75) is 26.2 Å². The van der Waals surface area contributed by atoms with Gasteiger partial charge in [-0.15, -0.1) is 0 Å². The highest BCUT2D eigenvalue weighted by Gasteiger charge is 2.37. The van der Waals surface area contributed by atoms with Gasteiger partial charge in [-0.3, -0.25) is 19.3 Å². The van der Waals surface area contributed by atoms with Crippen molar-refractivity contribution in [3.8, 4) is 11.5 Å². The highest BCUT2D eigenvalue weighted by atomic mass is 35.5. The van der Waals surface area contributed by atoms with E-state index in [-0.39, 0.29) is 40.5 Å². The molecule has 0 spiro atoms. The molecule has 32 heavy (non-hydrogen) atoms. The van der Waals surface area contributed by atoms with Crippen LogP contribution in [0.4, 0.5) is 4.79 Å². The first-order chi connectivity index (χ1) is 15.3. The van der Waals surface area contributed by atoms with Crippen molar-refractivity contribution in [1.29, 1.82) is 0 Å². The van der Waals surface area contributed by atoms with E-state index in [1.807, 2.05) is 0 Å². The number of amides is 3. The fourth-order valence-electron chi connectivity index (χ4n) is 3.37. The van der Waals surface area contributed by atoms with Gasteiger partial charge in [-0.1, -0.05) is 11.6 Å². The number of hydrogen-bond donors (Lipinski definition) is 1. The molecule has 2 saturated heterocycles. The van der Waals surface area contributed by atoms with Crippen LogP contribution in [0.15, 0.2) is 17.0 Å². The summed E-state index contributed by atoms with van der Waals surface area (Å²) < 4.78 is 10.7. The maximum atomic E-state index is 12.8. The Balaban J connectivity index is 1.78. The number of rotatable bonds is 8. The van der Waals surface area contributed by atoms with Crippen LogP contribution in [-0.4, -0.2) is 70.8 Å². The topological polar surface area (TPSA) is 113 Å². The lowest BCUT2D eigenvalue weighted by atomic mass is 10.1. The van der Waals surface area contributed by atoms with Crippen molar-refractivity contribution in [2.24, 2.45) is 0 Å². The fraction of sp³-hybridized carbons (Fsp3) is 0.429. The zero-order valence-electron chi connectivity index (χ0n) is 17.5. The number of imide groups is 1. The molecule has 1 N–H and O–H groups in total. The Morgan fingerprint density at radius 2 is 1.91 bits per heavy atom. The lowest BCUT2D eigenvalue weighted by molar-refractivity contribution is -0.139. The van der Waals surface area contributed by atoms with Gasteiger partial charge in [0.15, 0.2) is 18.1 Å². The molecular formula is C21H23ClN2O7S. The van der Waals surface area contributed by atoms with Crippen molar-refractivity contribution < 1.29 is 33.8 Å². The predicted molar refractivity (Wildman–Crippen MR) is 119 cm³/mol. The third kappa shape index (κ3) is 5.74. The summed E-state index contributed by atoms with van der Waals surface area (Å²) in [4.78, 5) is 51.2. The second-order valence-corrected chi connectivity index (χ2v) is 8.56. The Bertz CT molecular complexity index is 960. The van der Waals surface area contributed by atoms with Crippen LogP contribution in [0.5, 0.6) is 11.5 Å². The Morgan fingerprint density at radius 3 is 2.56 bits per heavy atom. The molecule has 2 fully saturated rings. The summed E-state index contributed by atoms with van der Waals surface area (Å²) in [6.07, 6.45) is 4.39. The van der Waals surface area contributed by atoms with E-state index < -0.39 is 23.7 Å². The molecule has 0 atom stereocenters. The molecule has 3 rings (SSSR count). The van der Waals surface area contributed by atoms with Crippen LogP contribution in [0.2, 0.25) is 5.02 Å². The van der Waals surface area contributed by atoms with E-state index in [0.29, 0.717) is 18.7 Å². The van der Waals surface area contributed by atoms with Crippen LogP contribution >= 0.6 is 23.4 Å². The summed E-state index contributed by atoms with van der Waals surface area (Å²) in [5, 5.41) is 8.42. The second-order valence-electron chi connectivity index (χ2n) is 7.15. The minimum Gasteiger partial charge on any atom is -0.490 e. The number of benzene rings is 1. The van der Waals surface area contributed by atoms with Gasteiger partial charge in [0.05, 0.1) is 16.5 Å². The average molecular weight is 483 g/mol. The van der Waals surface area contributed by atoms with Crippen molar-refractivity contribution in [3.63, 3.8) is 0 Å². The highest BCUT2D eigenvalue weighted by Crippen LogP contribution is 2.39. The van der Waals surface area contributed by atoms with Crippen molar-refractivity contribution in [2.75, 3.05) is 32.8 Å². The van der Waals surface area contributed by atoms with E-state index in [1.54, 1.807) is 17.9 Å². The summed E-state index contributed by atoms with van der Waals surface area (Å²) in [6, 6.07) is 3.02. The van der Waals surface area contributed by atoms with Crippen LogP contribution in [0, 0.1) is 0 Å². The van der Waals surface area contributed by atoms with Gasteiger partial charge < -0.3 is 19.5 Å². The number of carbonyl (C=O) groups excluding carboxylic acids is 3. The summed E-state index contributed by atoms with van der Waals surface area (Å²) in [6.45, 7) is 2.42. The third-order valence-corrected chi connectivity index (χ3v) is 6.03. The lowest BCUT2D eigenvalue weighted by Crippen LogP contribution is -2.44. The Kier molecular flexibility index (Phi) is 8.03. The zero-order chi connectivity index (χ0) is 23.3. The minimum absolute atomic E-state index is 0.0771. The first-order valence-corrected chi connectivity index (χ1v) is 11.3. The van der Waals surface area contributed by atoms with E-state index in [2.05, 4.69) is 0 Å². The van der Waals surface area contributed by atoms with E-state index in [0.717, 1.165) is 35.9 Å². The Labute approximate surface area is 194 Å². The number of hydrogen-bond acceptors (Lipinski definition) is 7. The summed E-state index contributed by atoms with van der Waals surface area (Å²) in [5.74, 6) is -1.67. The lowest BCUT2D eigenvalue weighted by Gasteiger charge is -2.27. The second kappa shape index (κ2) is 10.7. The molecule has 2 aliphatic rings. The Morgan fingerprint density at radius 1 is 1.19 bits per heavy atom. The number of nitrogens with zero attached hydrogens (tertiary/aromatic N) is 2. The highest BCUT2D eigenvalue weighted by molar-refractivity contribution is 8.18. The van der Waals surface area contributed by atoms with E-state index >= 15 is 0 Å². The molecule has 2 aliphatic heterocycles. The first kappa shape index (κ1) is 23.9. The molecule has 0 radical (unpaired) electrons. The molecule has 11 heteroatoms. The van der Waals surface area contributed by atoms with Gasteiger partial charge in [0.1, 0.15) is 6.54 Å². The summed E-state index contributed by atoms with van der Waals surface area (Å²) in [7, 11) is 0. The number of aliphatic carboxylic acids is 1. The SMILES string of the molecule is CCOc1cc(/C=C2\SC(=O)N(CC(=O)N3CCCCC3)C2=O)cc(Cl)c1OCC(=O)O. The fourth-order valence-corrected chi connectivity index (χ4v) is 4.49. The number of likely N-dealkylation sites (tertiary alicyclic amines) is 1. The minimum atomic E-state index is -1.17. The zero-order valence-corrected chi connectivity index (χ0v) is 19.0. The van der Waals surface area contributed by atoms with E-state index in [9.17, 15) is 19.2 Å². The number of carboxylic acid groups (broad SMARTS) is 1. The molecule has 1 aromatic carbocycles. The molecule has 0 saturated carbocycles. The standard InChI is InChI=1S/C21H23ClN2O7S/c1-2-30-15-9-13(8-14(22)19(15)31-12-18(26)27)10-16-20(28)24(21(29)32-16)11-17(25)23-6-4-3-5-7-23/h8-10H,2-7,11-12H2,1H3,(H,26,27)/b16-10-. The molecule has 2 heterocycles. The number of carboxylic acids is 1. The normalized spacial score (nSPS) is 17.8. The van der Waals surface area contributed by atoms with Gasteiger partial charge in [-0.25, -0.2) is 4.79 Å². The first-order valence-electron chi connectivity index (χ1n) is 10.1. The maximum absolute atomic E-state index is 12.8. The van der Waals surface area contributed by atoms with Crippen LogP contribution in [0.1, 0.15) is 31.7 Å². The predicted octanol–water partition coefficient (Wildman–Crippen LogP) is 3.25. The van der Waals surface area contributed by atoms with E-state index in [4.69, 9.17) is 26.2 Å². The van der Waals surface area contributed by atoms with Crippen molar-refractivity contribution >= 4 is 52.5 Å². The molecular weight excluding hydrogens is 460 g/mol. The van der Waals surface area contributed by atoms with Gasteiger partial charge in [-0.05, 0) is 61.7 Å². The van der Waals surface area contributed by atoms with Gasteiger partial charge in [0, 0.05) is 13.1 Å². The average Bonchev–Trinajstić information content (AvgIpc) is 3.01. The molecule has 3 amide bonds. The number of piperidine rings is 1. The van der Waals surface area contributed by atoms with Gasteiger partial charge >= 0.3 is 5.97 Å². The third-order valence-electron chi connectivity index (χ3n) is 4.85. The summed E-state index contributed by atoms with van der Waals surface area (Å²) in [5.41, 5.74) is 0.467. The largest absolute Gasteiger partial charge is 0.490 e. The van der Waals surface area contributed by atoms with Crippen LogP contribution in [0.25, 0.3) is 6.08 Å². The smallest absolute Gasteiger partial charge is 0.341 e. The molecule has 0 aromatic heterocycles. The monoisotopic (exact) mass is 482 g/mol.